The predicted octanol–water partition coefficient (Wildman–Crippen LogP) is 6.22. The number of Topliss-reactive ketones (excluding diaryl/α,β-unsaturated/α-hetero) is 1. The molecule has 0 spiro atoms. The number of ketones is 1. The molecule has 2 atom stereocenters. The molecule has 12 heteroatoms. The van der Waals surface area contributed by atoms with Gasteiger partial charge >= 0.3 is 11.9 Å². The zero-order valence-corrected chi connectivity index (χ0v) is 25.3. The smallest absolute Gasteiger partial charge is 0.337 e. The van der Waals surface area contributed by atoms with Crippen LogP contribution in [0.15, 0.2) is 76.6 Å². The van der Waals surface area contributed by atoms with E-state index in [0.29, 0.717) is 38.2 Å². The highest BCUT2D eigenvalue weighted by molar-refractivity contribution is 8.00. The minimum atomic E-state index is -1.02. The molecule has 1 saturated heterocycles. The minimum absolute atomic E-state index is 0.00585. The predicted molar refractivity (Wildman–Crippen MR) is 164 cm³/mol. The first kappa shape index (κ1) is 28.9. The number of aliphatic hydroxyl groups excluding tert-OH is 1. The van der Waals surface area contributed by atoms with E-state index in [-0.39, 0.29) is 22.6 Å². The van der Waals surface area contributed by atoms with Crippen molar-refractivity contribution in [2.24, 2.45) is 0 Å². The average Bonchev–Trinajstić information content (AvgIpc) is 3.70. The van der Waals surface area contributed by atoms with Crippen LogP contribution in [0.2, 0.25) is 5.02 Å². The highest BCUT2D eigenvalue weighted by Crippen LogP contribution is 2.45. The van der Waals surface area contributed by atoms with E-state index in [1.807, 2.05) is 31.2 Å². The van der Waals surface area contributed by atoms with Crippen LogP contribution < -0.4 is 9.64 Å². The Kier molecular flexibility index (Phi) is 7.95. The van der Waals surface area contributed by atoms with E-state index in [1.54, 1.807) is 42.5 Å². The lowest BCUT2D eigenvalue weighted by molar-refractivity contribution is -0.132. The summed E-state index contributed by atoms with van der Waals surface area (Å²) < 4.78 is 11.2. The zero-order valence-electron chi connectivity index (χ0n) is 22.9. The standard InChI is InChI=1S/C31H24ClN3O6S2/c1-16-13-21-14-19(11-12-23(21)41-16)26(36)24-25(17-7-9-18(10-8-17)29(39)40-2)35(28(38)27(24)37)30-33-34-31(43-30)42-15-20-5-3-4-6-22(20)32/h3-12,14,16,25,36H,13,15H2,1-2H3/t16-,25+/m0/s1. The molecule has 218 valence electrons. The number of benzene rings is 3. The number of hydrogen-bond donors (Lipinski definition) is 1. The molecule has 2 aliphatic heterocycles. The lowest BCUT2D eigenvalue weighted by Crippen LogP contribution is -2.29. The van der Waals surface area contributed by atoms with Crippen molar-refractivity contribution >= 4 is 63.3 Å². The van der Waals surface area contributed by atoms with Gasteiger partial charge in [0.2, 0.25) is 5.13 Å². The summed E-state index contributed by atoms with van der Waals surface area (Å²) in [7, 11) is 1.28. The summed E-state index contributed by atoms with van der Waals surface area (Å²) in [4.78, 5) is 40.5. The summed E-state index contributed by atoms with van der Waals surface area (Å²) in [6.45, 7) is 1.95. The van der Waals surface area contributed by atoms with E-state index in [1.165, 1.54) is 23.8 Å². The number of nitrogens with zero attached hydrogens (tertiary/aromatic N) is 3. The van der Waals surface area contributed by atoms with Gasteiger partial charge in [0, 0.05) is 22.8 Å². The SMILES string of the molecule is COC(=O)c1ccc([C@@H]2C(=C(O)c3ccc4c(c3)C[C@H](C)O4)C(=O)C(=O)N2c2nnc(SCc3ccccc3Cl)s2)cc1. The van der Waals surface area contributed by atoms with Gasteiger partial charge in [-0.05, 0) is 60.0 Å². The van der Waals surface area contributed by atoms with Crippen LogP contribution in [0.1, 0.15) is 45.6 Å². The first-order chi connectivity index (χ1) is 20.7. The number of thioether (sulfide) groups is 1. The molecule has 0 radical (unpaired) electrons. The van der Waals surface area contributed by atoms with Crippen molar-refractivity contribution < 1.29 is 29.0 Å². The molecule has 1 N–H and O–H groups in total. The highest BCUT2D eigenvalue weighted by atomic mass is 35.5. The number of halogens is 1. The van der Waals surface area contributed by atoms with Crippen LogP contribution >= 0.6 is 34.7 Å². The summed E-state index contributed by atoms with van der Waals surface area (Å²) in [6.07, 6.45) is 0.650. The second kappa shape index (κ2) is 11.8. The van der Waals surface area contributed by atoms with Gasteiger partial charge in [0.15, 0.2) is 4.34 Å². The average molecular weight is 634 g/mol. The van der Waals surface area contributed by atoms with Gasteiger partial charge < -0.3 is 14.6 Å². The number of methoxy groups -OCH3 is 1. The monoisotopic (exact) mass is 633 g/mol. The Morgan fingerprint density at radius 1 is 1.12 bits per heavy atom. The Hall–Kier alpha value is -4.19. The maximum Gasteiger partial charge on any atom is 0.337 e. The highest BCUT2D eigenvalue weighted by Gasteiger charge is 2.48. The van der Waals surface area contributed by atoms with E-state index >= 15 is 0 Å². The lowest BCUT2D eigenvalue weighted by atomic mass is 9.94. The van der Waals surface area contributed by atoms with E-state index in [0.717, 1.165) is 28.2 Å². The van der Waals surface area contributed by atoms with Crippen LogP contribution in [-0.2, 0) is 26.5 Å². The van der Waals surface area contributed by atoms with Crippen LogP contribution in [0, 0.1) is 0 Å². The largest absolute Gasteiger partial charge is 0.507 e. The Balaban J connectivity index is 1.40. The molecule has 1 aromatic heterocycles. The Morgan fingerprint density at radius 2 is 1.86 bits per heavy atom. The molecule has 0 aliphatic carbocycles. The van der Waals surface area contributed by atoms with Crippen LogP contribution in [0.25, 0.3) is 5.76 Å². The second-order valence-electron chi connectivity index (χ2n) is 9.97. The lowest BCUT2D eigenvalue weighted by Gasteiger charge is -2.22. The normalized spacial score (nSPS) is 18.9. The fourth-order valence-corrected chi connectivity index (χ4v) is 7.26. The van der Waals surface area contributed by atoms with Gasteiger partial charge in [0.1, 0.15) is 17.6 Å². The summed E-state index contributed by atoms with van der Waals surface area (Å²) in [5.41, 5.74) is 2.90. The van der Waals surface area contributed by atoms with Gasteiger partial charge in [-0.2, -0.15) is 0 Å². The van der Waals surface area contributed by atoms with Crippen molar-refractivity contribution in [2.45, 2.75) is 35.6 Å². The number of ether oxygens (including phenoxy) is 2. The third kappa shape index (κ3) is 5.51. The van der Waals surface area contributed by atoms with E-state index in [2.05, 4.69) is 10.2 Å². The van der Waals surface area contributed by atoms with Crippen molar-refractivity contribution in [3.63, 3.8) is 0 Å². The number of hydrogen-bond acceptors (Lipinski definition) is 10. The fraction of sp³-hybridized carbons (Fsp3) is 0.194. The zero-order chi connectivity index (χ0) is 30.2. The molecule has 3 aromatic carbocycles. The fourth-order valence-electron chi connectivity index (χ4n) is 5.10. The van der Waals surface area contributed by atoms with Gasteiger partial charge in [-0.3, -0.25) is 14.5 Å². The summed E-state index contributed by atoms with van der Waals surface area (Å²) in [5, 5.41) is 20.9. The molecule has 6 rings (SSSR count). The van der Waals surface area contributed by atoms with Crippen LogP contribution in [0.4, 0.5) is 5.13 Å². The van der Waals surface area contributed by atoms with Crippen LogP contribution in [0.3, 0.4) is 0 Å². The third-order valence-electron chi connectivity index (χ3n) is 7.17. The molecule has 4 aromatic rings. The molecule has 1 fully saturated rings. The first-order valence-corrected chi connectivity index (χ1v) is 15.4. The van der Waals surface area contributed by atoms with Gasteiger partial charge in [-0.25, -0.2) is 4.79 Å². The molecule has 0 bridgehead atoms. The summed E-state index contributed by atoms with van der Waals surface area (Å²) in [5.74, 6) is -1.30. The minimum Gasteiger partial charge on any atom is -0.507 e. The van der Waals surface area contributed by atoms with Crippen molar-refractivity contribution in [3.8, 4) is 5.75 Å². The van der Waals surface area contributed by atoms with Crippen molar-refractivity contribution in [1.82, 2.24) is 10.2 Å². The van der Waals surface area contributed by atoms with Gasteiger partial charge in [-0.15, -0.1) is 10.2 Å². The molecule has 0 unspecified atom stereocenters. The molecular weight excluding hydrogens is 610 g/mol. The Labute approximate surface area is 260 Å². The van der Waals surface area contributed by atoms with Crippen LogP contribution in [-0.4, -0.2) is 46.2 Å². The van der Waals surface area contributed by atoms with Crippen molar-refractivity contribution in [2.75, 3.05) is 12.0 Å². The number of rotatable bonds is 7. The van der Waals surface area contributed by atoms with Gasteiger partial charge in [0.25, 0.3) is 5.78 Å². The number of aromatic nitrogens is 2. The van der Waals surface area contributed by atoms with Gasteiger partial charge in [-0.1, -0.05) is 65.0 Å². The number of carbonyl (C=O) groups excluding carboxylic acids is 3. The van der Waals surface area contributed by atoms with Crippen LogP contribution in [0.5, 0.6) is 5.75 Å². The summed E-state index contributed by atoms with van der Waals surface area (Å²) in [6, 6.07) is 18.0. The van der Waals surface area contributed by atoms with Crippen molar-refractivity contribution in [3.05, 3.63) is 105 Å². The maximum atomic E-state index is 13.6. The molecule has 2 aliphatic rings. The molecular formula is C31H24ClN3O6S2. The number of aliphatic hydroxyl groups is 1. The topological polar surface area (TPSA) is 119 Å². The molecule has 43 heavy (non-hydrogen) atoms. The molecule has 9 nitrogen and oxygen atoms in total. The number of esters is 1. The number of carbonyl (C=O) groups is 3. The quantitative estimate of drug-likeness (QED) is 0.0632. The Morgan fingerprint density at radius 3 is 2.60 bits per heavy atom. The van der Waals surface area contributed by atoms with E-state index < -0.39 is 23.7 Å². The third-order valence-corrected chi connectivity index (χ3v) is 9.65. The van der Waals surface area contributed by atoms with Crippen molar-refractivity contribution in [1.29, 1.82) is 0 Å². The second-order valence-corrected chi connectivity index (χ2v) is 12.6. The molecule has 3 heterocycles. The first-order valence-electron chi connectivity index (χ1n) is 13.2. The number of amides is 1. The Bertz CT molecular complexity index is 1790. The summed E-state index contributed by atoms with van der Waals surface area (Å²) >= 11 is 8.85. The van der Waals surface area contributed by atoms with E-state index in [9.17, 15) is 19.5 Å². The van der Waals surface area contributed by atoms with Gasteiger partial charge in [0.05, 0.1) is 24.3 Å². The molecule has 0 saturated carbocycles. The number of anilines is 1. The number of fused-ring (bicyclic) bond motifs is 1. The van der Waals surface area contributed by atoms with E-state index in [4.69, 9.17) is 21.1 Å². The maximum absolute atomic E-state index is 13.6. The molecule has 1 amide bonds.